The van der Waals surface area contributed by atoms with Gasteiger partial charge in [0.25, 0.3) is 0 Å². The van der Waals surface area contributed by atoms with Crippen LogP contribution in [0.4, 0.5) is 21.5 Å². The fourth-order valence-corrected chi connectivity index (χ4v) is 2.75. The van der Waals surface area contributed by atoms with Crippen molar-refractivity contribution in [2.24, 2.45) is 0 Å². The van der Waals surface area contributed by atoms with Crippen LogP contribution in [0.2, 0.25) is 0 Å². The molecule has 3 rings (SSSR count). The molecule has 0 saturated carbocycles. The Morgan fingerprint density at radius 2 is 1.90 bits per heavy atom. The van der Waals surface area contributed by atoms with Gasteiger partial charge in [-0.25, -0.2) is 4.39 Å². The first kappa shape index (κ1) is 14.3. The minimum absolute atomic E-state index is 0.321. The SMILES string of the molecule is Nc1cnc2ccc(Br)cc2c1Nc1cc(F)ccc1Br. The third kappa shape index (κ3) is 2.87. The average molecular weight is 411 g/mol. The van der Waals surface area contributed by atoms with Gasteiger partial charge in [-0.3, -0.25) is 4.98 Å². The molecule has 0 radical (unpaired) electrons. The lowest BCUT2D eigenvalue weighted by atomic mass is 10.1. The molecule has 21 heavy (non-hydrogen) atoms. The highest BCUT2D eigenvalue weighted by molar-refractivity contribution is 9.10. The first-order valence-corrected chi connectivity index (χ1v) is 7.69. The summed E-state index contributed by atoms with van der Waals surface area (Å²) in [6.45, 7) is 0. The van der Waals surface area contributed by atoms with Crippen LogP contribution < -0.4 is 11.1 Å². The van der Waals surface area contributed by atoms with Gasteiger partial charge in [0.15, 0.2) is 0 Å². The van der Waals surface area contributed by atoms with Crippen molar-refractivity contribution < 1.29 is 4.39 Å². The van der Waals surface area contributed by atoms with Crippen LogP contribution in [0.5, 0.6) is 0 Å². The van der Waals surface area contributed by atoms with Crippen molar-refractivity contribution in [3.63, 3.8) is 0 Å². The molecule has 0 spiro atoms. The van der Waals surface area contributed by atoms with Gasteiger partial charge in [0.2, 0.25) is 0 Å². The summed E-state index contributed by atoms with van der Waals surface area (Å²) in [4.78, 5) is 4.29. The van der Waals surface area contributed by atoms with Gasteiger partial charge in [-0.2, -0.15) is 0 Å². The fourth-order valence-electron chi connectivity index (χ4n) is 2.05. The van der Waals surface area contributed by atoms with Crippen molar-refractivity contribution in [2.75, 3.05) is 11.1 Å². The molecule has 0 bridgehead atoms. The van der Waals surface area contributed by atoms with E-state index in [2.05, 4.69) is 42.2 Å². The number of benzene rings is 2. The van der Waals surface area contributed by atoms with E-state index in [-0.39, 0.29) is 5.82 Å². The Labute approximate surface area is 137 Å². The van der Waals surface area contributed by atoms with Gasteiger partial charge >= 0.3 is 0 Å². The molecular weight excluding hydrogens is 401 g/mol. The molecule has 0 saturated heterocycles. The molecule has 0 aliphatic rings. The number of nitrogens with two attached hydrogens (primary N) is 1. The molecule has 0 aliphatic carbocycles. The van der Waals surface area contributed by atoms with Crippen molar-refractivity contribution in [3.8, 4) is 0 Å². The van der Waals surface area contributed by atoms with E-state index < -0.39 is 0 Å². The summed E-state index contributed by atoms with van der Waals surface area (Å²) in [6.07, 6.45) is 1.59. The van der Waals surface area contributed by atoms with Gasteiger partial charge in [0, 0.05) is 14.3 Å². The maximum absolute atomic E-state index is 13.4. The van der Waals surface area contributed by atoms with E-state index in [1.165, 1.54) is 12.1 Å². The van der Waals surface area contributed by atoms with E-state index >= 15 is 0 Å². The number of aromatic nitrogens is 1. The number of fused-ring (bicyclic) bond motifs is 1. The molecule has 1 heterocycles. The summed E-state index contributed by atoms with van der Waals surface area (Å²) < 4.78 is 15.1. The number of hydrogen-bond acceptors (Lipinski definition) is 3. The summed E-state index contributed by atoms with van der Waals surface area (Å²) in [5.74, 6) is -0.321. The third-order valence-corrected chi connectivity index (χ3v) is 4.23. The second-order valence-electron chi connectivity index (χ2n) is 4.50. The van der Waals surface area contributed by atoms with Crippen molar-refractivity contribution in [2.45, 2.75) is 0 Å². The van der Waals surface area contributed by atoms with E-state index in [1.54, 1.807) is 12.3 Å². The van der Waals surface area contributed by atoms with Crippen LogP contribution in [-0.2, 0) is 0 Å². The van der Waals surface area contributed by atoms with Gasteiger partial charge in [0.05, 0.1) is 28.8 Å². The highest BCUT2D eigenvalue weighted by atomic mass is 79.9. The van der Waals surface area contributed by atoms with Crippen molar-refractivity contribution >= 4 is 59.8 Å². The average Bonchev–Trinajstić information content (AvgIpc) is 2.46. The molecule has 6 heteroatoms. The standard InChI is InChI=1S/C15H10Br2FN3/c16-8-1-4-13-10(5-8)15(12(19)7-20-13)21-14-6-9(18)2-3-11(14)17/h1-7H,19H2,(H,20,21). The Morgan fingerprint density at radius 3 is 2.71 bits per heavy atom. The maximum atomic E-state index is 13.4. The molecule has 0 amide bonds. The number of pyridine rings is 1. The highest BCUT2D eigenvalue weighted by Gasteiger charge is 2.10. The number of nitrogens with zero attached hydrogens (tertiary/aromatic N) is 1. The molecule has 1 aromatic heterocycles. The number of hydrogen-bond donors (Lipinski definition) is 2. The third-order valence-electron chi connectivity index (χ3n) is 3.05. The van der Waals surface area contributed by atoms with Crippen molar-refractivity contribution in [3.05, 3.63) is 57.4 Å². The minimum Gasteiger partial charge on any atom is -0.396 e. The first-order chi connectivity index (χ1) is 10.0. The van der Waals surface area contributed by atoms with Gasteiger partial charge in [-0.15, -0.1) is 0 Å². The molecule has 0 fully saturated rings. The van der Waals surface area contributed by atoms with Crippen LogP contribution >= 0.6 is 31.9 Å². The first-order valence-electron chi connectivity index (χ1n) is 6.10. The summed E-state index contributed by atoms with van der Waals surface area (Å²) in [6, 6.07) is 10.2. The molecule has 106 valence electrons. The van der Waals surface area contributed by atoms with Gasteiger partial charge < -0.3 is 11.1 Å². The quantitative estimate of drug-likeness (QED) is 0.608. The Kier molecular flexibility index (Phi) is 3.82. The van der Waals surface area contributed by atoms with Crippen molar-refractivity contribution in [1.29, 1.82) is 0 Å². The smallest absolute Gasteiger partial charge is 0.125 e. The molecule has 3 aromatic rings. The predicted molar refractivity (Wildman–Crippen MR) is 91.2 cm³/mol. The summed E-state index contributed by atoms with van der Waals surface area (Å²) in [7, 11) is 0. The Hall–Kier alpha value is -1.66. The van der Waals surface area contributed by atoms with Gasteiger partial charge in [-0.05, 0) is 52.3 Å². The molecule has 2 aromatic carbocycles. The fraction of sp³-hybridized carbons (Fsp3) is 0. The number of nitrogen functional groups attached to an aromatic ring is 1. The van der Waals surface area contributed by atoms with Gasteiger partial charge in [0.1, 0.15) is 5.82 Å². The highest BCUT2D eigenvalue weighted by Crippen LogP contribution is 2.34. The normalized spacial score (nSPS) is 10.8. The van der Waals surface area contributed by atoms with Crippen LogP contribution in [0.15, 0.2) is 51.5 Å². The molecule has 3 N–H and O–H groups in total. The van der Waals surface area contributed by atoms with Crippen LogP contribution in [0.25, 0.3) is 10.9 Å². The lowest BCUT2D eigenvalue weighted by Gasteiger charge is -2.14. The Morgan fingerprint density at radius 1 is 1.10 bits per heavy atom. The monoisotopic (exact) mass is 409 g/mol. The van der Waals surface area contributed by atoms with E-state index in [1.807, 2.05) is 18.2 Å². The van der Waals surface area contributed by atoms with Crippen LogP contribution in [-0.4, -0.2) is 4.98 Å². The summed E-state index contributed by atoms with van der Waals surface area (Å²) >= 11 is 6.83. The molecule has 0 atom stereocenters. The summed E-state index contributed by atoms with van der Waals surface area (Å²) in [5.41, 5.74) is 8.64. The second kappa shape index (κ2) is 5.61. The zero-order chi connectivity index (χ0) is 15.0. The Bertz CT molecular complexity index is 831. The number of nitrogens with one attached hydrogen (secondary N) is 1. The lowest BCUT2D eigenvalue weighted by Crippen LogP contribution is -1.99. The van der Waals surface area contributed by atoms with E-state index in [0.717, 1.165) is 19.8 Å². The van der Waals surface area contributed by atoms with Crippen LogP contribution in [0.1, 0.15) is 0 Å². The number of halogens is 3. The minimum atomic E-state index is -0.321. The zero-order valence-electron chi connectivity index (χ0n) is 10.7. The summed E-state index contributed by atoms with van der Waals surface area (Å²) in [5, 5.41) is 4.04. The number of anilines is 3. The largest absolute Gasteiger partial charge is 0.396 e. The molecule has 0 unspecified atom stereocenters. The second-order valence-corrected chi connectivity index (χ2v) is 6.27. The van der Waals surface area contributed by atoms with E-state index in [9.17, 15) is 4.39 Å². The van der Waals surface area contributed by atoms with Crippen LogP contribution in [0, 0.1) is 5.82 Å². The molecular formula is C15H10Br2FN3. The topological polar surface area (TPSA) is 50.9 Å². The molecule has 3 nitrogen and oxygen atoms in total. The lowest BCUT2D eigenvalue weighted by molar-refractivity contribution is 0.628. The number of rotatable bonds is 2. The predicted octanol–water partition coefficient (Wildman–Crippen LogP) is 5.22. The zero-order valence-corrected chi connectivity index (χ0v) is 13.9. The maximum Gasteiger partial charge on any atom is 0.125 e. The van der Waals surface area contributed by atoms with Crippen molar-refractivity contribution in [1.82, 2.24) is 4.98 Å². The Balaban J connectivity index is 2.17. The van der Waals surface area contributed by atoms with Crippen LogP contribution in [0.3, 0.4) is 0 Å². The molecule has 0 aliphatic heterocycles. The van der Waals surface area contributed by atoms with Gasteiger partial charge in [-0.1, -0.05) is 15.9 Å². The van der Waals surface area contributed by atoms with E-state index in [4.69, 9.17) is 5.73 Å². The van der Waals surface area contributed by atoms with E-state index in [0.29, 0.717) is 17.1 Å².